The van der Waals surface area contributed by atoms with Crippen LogP contribution in [0.3, 0.4) is 0 Å². The highest BCUT2D eigenvalue weighted by molar-refractivity contribution is 5.89. The van der Waals surface area contributed by atoms with Crippen molar-refractivity contribution in [2.75, 3.05) is 6.61 Å². The minimum atomic E-state index is -0.249. The largest absolute Gasteiger partial charge is 0.462 e. The van der Waals surface area contributed by atoms with Crippen molar-refractivity contribution < 1.29 is 9.53 Å². The van der Waals surface area contributed by atoms with Crippen LogP contribution in [0.4, 0.5) is 0 Å². The average Bonchev–Trinajstić information content (AvgIpc) is 2.77. The Labute approximate surface area is 194 Å². The second-order valence-electron chi connectivity index (χ2n) is 10.4. The molecule has 0 saturated carbocycles. The Balaban J connectivity index is 1.60. The Kier molecular flexibility index (Phi) is 7.83. The van der Waals surface area contributed by atoms with Crippen molar-refractivity contribution in [1.82, 2.24) is 0 Å². The molecule has 0 amide bonds. The maximum atomic E-state index is 12.1. The van der Waals surface area contributed by atoms with Gasteiger partial charge in [0.25, 0.3) is 0 Å². The van der Waals surface area contributed by atoms with E-state index in [1.165, 1.54) is 42.4 Å². The van der Waals surface area contributed by atoms with Crippen LogP contribution in [0.2, 0.25) is 0 Å². The summed E-state index contributed by atoms with van der Waals surface area (Å²) in [6.45, 7) is 12.1. The fourth-order valence-corrected chi connectivity index (χ4v) is 4.46. The lowest BCUT2D eigenvalue weighted by Crippen LogP contribution is -2.33. The minimum absolute atomic E-state index is 0.217. The average molecular weight is 431 g/mol. The number of hydrogen-bond acceptors (Lipinski definition) is 2. The molecule has 1 aliphatic rings. The summed E-state index contributed by atoms with van der Waals surface area (Å²) in [6, 6.07) is 14.3. The molecular weight excluding hydrogens is 392 g/mol. The lowest BCUT2D eigenvalue weighted by molar-refractivity contribution is 0.0498. The van der Waals surface area contributed by atoms with E-state index in [9.17, 15) is 4.79 Å². The molecule has 2 aromatic rings. The molecule has 3 rings (SSSR count). The summed E-state index contributed by atoms with van der Waals surface area (Å²) in [5, 5.41) is 0. The van der Waals surface area contributed by atoms with Crippen molar-refractivity contribution in [3.8, 4) is 11.8 Å². The van der Waals surface area contributed by atoms with Crippen LogP contribution in [-0.4, -0.2) is 12.6 Å². The van der Waals surface area contributed by atoms with Crippen molar-refractivity contribution in [2.24, 2.45) is 0 Å². The van der Waals surface area contributed by atoms with Gasteiger partial charge in [0.15, 0.2) is 0 Å². The molecule has 0 N–H and O–H groups in total. The zero-order valence-electron chi connectivity index (χ0n) is 20.5. The Morgan fingerprint density at radius 1 is 0.906 bits per heavy atom. The molecule has 0 atom stereocenters. The van der Waals surface area contributed by atoms with Gasteiger partial charge >= 0.3 is 5.97 Å². The van der Waals surface area contributed by atoms with Crippen molar-refractivity contribution in [1.29, 1.82) is 0 Å². The lowest BCUT2D eigenvalue weighted by atomic mass is 9.63. The first-order valence-electron chi connectivity index (χ1n) is 12.1. The van der Waals surface area contributed by atoms with E-state index in [1.807, 2.05) is 24.3 Å². The highest BCUT2D eigenvalue weighted by Crippen LogP contribution is 2.45. The van der Waals surface area contributed by atoms with E-state index in [-0.39, 0.29) is 16.8 Å². The first kappa shape index (κ1) is 24.1. The summed E-state index contributed by atoms with van der Waals surface area (Å²) >= 11 is 0. The smallest absolute Gasteiger partial charge is 0.338 e. The molecule has 32 heavy (non-hydrogen) atoms. The van der Waals surface area contributed by atoms with E-state index in [2.05, 4.69) is 64.7 Å². The molecule has 0 radical (unpaired) electrons. The van der Waals surface area contributed by atoms with Crippen LogP contribution >= 0.6 is 0 Å². The summed E-state index contributed by atoms with van der Waals surface area (Å²) in [7, 11) is 0. The monoisotopic (exact) mass is 430 g/mol. The predicted octanol–water partition coefficient (Wildman–Crippen LogP) is 7.37. The number of hydrogen-bond donors (Lipinski definition) is 0. The van der Waals surface area contributed by atoms with E-state index in [0.717, 1.165) is 24.8 Å². The third kappa shape index (κ3) is 6.04. The Morgan fingerprint density at radius 2 is 1.59 bits per heavy atom. The molecule has 0 bridgehead atoms. The molecule has 0 saturated heterocycles. The van der Waals surface area contributed by atoms with E-state index < -0.39 is 0 Å². The number of benzene rings is 2. The molecule has 0 aliphatic heterocycles. The Bertz CT molecular complexity index is 984. The number of esters is 1. The van der Waals surface area contributed by atoms with Gasteiger partial charge in [-0.3, -0.25) is 0 Å². The highest BCUT2D eigenvalue weighted by Gasteiger charge is 2.36. The fraction of sp³-hybridized carbons (Fsp3) is 0.500. The zero-order chi connectivity index (χ0) is 23.2. The summed E-state index contributed by atoms with van der Waals surface area (Å²) < 4.78 is 5.36. The van der Waals surface area contributed by atoms with Gasteiger partial charge in [-0.2, -0.15) is 0 Å². The zero-order valence-corrected chi connectivity index (χ0v) is 20.5. The molecule has 2 aromatic carbocycles. The summed E-state index contributed by atoms with van der Waals surface area (Å²) in [6.07, 6.45) is 7.58. The van der Waals surface area contributed by atoms with Crippen LogP contribution in [0.5, 0.6) is 0 Å². The third-order valence-corrected chi connectivity index (χ3v) is 6.79. The first-order chi connectivity index (χ1) is 15.2. The van der Waals surface area contributed by atoms with Crippen LogP contribution in [-0.2, 0) is 22.0 Å². The van der Waals surface area contributed by atoms with E-state index >= 15 is 0 Å². The topological polar surface area (TPSA) is 26.3 Å². The molecular formula is C30H38O2. The molecule has 1 aliphatic carbocycles. The molecule has 2 nitrogen and oxygen atoms in total. The second kappa shape index (κ2) is 10.4. The maximum absolute atomic E-state index is 12.1. The van der Waals surface area contributed by atoms with Gasteiger partial charge < -0.3 is 4.74 Å². The van der Waals surface area contributed by atoms with Gasteiger partial charge in [0, 0.05) is 12.0 Å². The van der Waals surface area contributed by atoms with Crippen molar-refractivity contribution in [3.63, 3.8) is 0 Å². The minimum Gasteiger partial charge on any atom is -0.462 e. The van der Waals surface area contributed by atoms with Crippen molar-refractivity contribution in [3.05, 3.63) is 70.3 Å². The molecule has 170 valence electrons. The Morgan fingerprint density at radius 3 is 2.28 bits per heavy atom. The van der Waals surface area contributed by atoms with E-state index in [1.54, 1.807) is 0 Å². The van der Waals surface area contributed by atoms with Gasteiger partial charge in [0.2, 0.25) is 0 Å². The third-order valence-electron chi connectivity index (χ3n) is 6.79. The van der Waals surface area contributed by atoms with Crippen LogP contribution in [0.1, 0.15) is 106 Å². The highest BCUT2D eigenvalue weighted by atomic mass is 16.5. The fourth-order valence-electron chi connectivity index (χ4n) is 4.46. The van der Waals surface area contributed by atoms with Gasteiger partial charge in [0.05, 0.1) is 12.2 Å². The van der Waals surface area contributed by atoms with E-state index in [4.69, 9.17) is 4.74 Å². The SMILES string of the molecule is CCCCCCOC(=O)c1ccc(C#CCc2ccc3c(c2)C(C)(C)CCC3(C)C)cc1. The van der Waals surface area contributed by atoms with Crippen LogP contribution in [0.25, 0.3) is 0 Å². The second-order valence-corrected chi connectivity index (χ2v) is 10.4. The van der Waals surface area contributed by atoms with Crippen LogP contribution < -0.4 is 0 Å². The summed E-state index contributed by atoms with van der Waals surface area (Å²) in [4.78, 5) is 12.1. The first-order valence-corrected chi connectivity index (χ1v) is 12.1. The maximum Gasteiger partial charge on any atom is 0.338 e. The van der Waals surface area contributed by atoms with Gasteiger partial charge in [-0.1, -0.05) is 83.9 Å². The molecule has 0 heterocycles. The van der Waals surface area contributed by atoms with Gasteiger partial charge in [-0.25, -0.2) is 4.79 Å². The molecule has 2 heteroatoms. The molecule has 0 spiro atoms. The van der Waals surface area contributed by atoms with Crippen LogP contribution in [0.15, 0.2) is 42.5 Å². The van der Waals surface area contributed by atoms with Gasteiger partial charge in [-0.05, 0) is 71.0 Å². The van der Waals surface area contributed by atoms with Crippen molar-refractivity contribution in [2.45, 2.75) is 90.4 Å². The number of fused-ring (bicyclic) bond motifs is 1. The predicted molar refractivity (Wildman–Crippen MR) is 133 cm³/mol. The summed E-state index contributed by atoms with van der Waals surface area (Å²) in [5.74, 6) is 6.30. The number of rotatable bonds is 7. The molecule has 0 aromatic heterocycles. The quantitative estimate of drug-likeness (QED) is 0.260. The Hall–Kier alpha value is -2.53. The summed E-state index contributed by atoms with van der Waals surface area (Å²) in [5.41, 5.74) is 6.20. The molecule has 0 fully saturated rings. The lowest BCUT2D eigenvalue weighted by Gasteiger charge is -2.42. The van der Waals surface area contributed by atoms with Gasteiger partial charge in [0.1, 0.15) is 0 Å². The van der Waals surface area contributed by atoms with Crippen molar-refractivity contribution >= 4 is 5.97 Å². The number of carbonyl (C=O) groups is 1. The van der Waals surface area contributed by atoms with E-state index in [0.29, 0.717) is 12.2 Å². The van der Waals surface area contributed by atoms with Crippen LogP contribution in [0, 0.1) is 11.8 Å². The standard InChI is InChI=1S/C30H38O2/c1-6-7-8-9-21-32-28(31)25-16-13-23(14-17-25)11-10-12-24-15-18-26-27(22-24)30(4,5)20-19-29(26,2)3/h13-18,22H,6-9,12,19-21H2,1-5H3. The number of carbonyl (C=O) groups excluding carboxylic acids is 1. The van der Waals surface area contributed by atoms with Gasteiger partial charge in [-0.15, -0.1) is 0 Å². The molecule has 0 unspecified atom stereocenters. The normalized spacial score (nSPS) is 15.9. The number of ether oxygens (including phenoxy) is 1. The number of unbranched alkanes of at least 4 members (excludes halogenated alkanes) is 3.